The van der Waals surface area contributed by atoms with Gasteiger partial charge in [-0.05, 0) is 106 Å². The minimum Gasteiger partial charge on any atom is -0.332 e. The van der Waals surface area contributed by atoms with Crippen molar-refractivity contribution in [2.45, 2.75) is 12.0 Å². The predicted octanol–water partition coefficient (Wildman–Crippen LogP) is 15.3. The molecule has 3 nitrogen and oxygen atoms in total. The molecule has 3 heteroatoms. The molecule has 63 heavy (non-hydrogen) atoms. The zero-order chi connectivity index (χ0) is 41.9. The van der Waals surface area contributed by atoms with Gasteiger partial charge in [0.05, 0.1) is 17.1 Å². The van der Waals surface area contributed by atoms with Crippen molar-refractivity contribution >= 4 is 50.5 Å². The summed E-state index contributed by atoms with van der Waals surface area (Å²) < 4.78 is 2.36. The molecule has 3 heterocycles. The second-order valence-corrected chi connectivity index (χ2v) is 16.5. The Hall–Kier alpha value is -8.14. The Balaban J connectivity index is 0.919. The average molecular weight is 806 g/mol. The summed E-state index contributed by atoms with van der Waals surface area (Å²) in [5.41, 5.74) is 19.3. The lowest BCUT2D eigenvalue weighted by atomic mass is 9.83. The van der Waals surface area contributed by atoms with Gasteiger partial charge in [-0.1, -0.05) is 176 Å². The molecule has 2 aliphatic heterocycles. The summed E-state index contributed by atoms with van der Waals surface area (Å²) in [5.74, 6) is 0.197. The molecule has 1 aromatic heterocycles. The van der Waals surface area contributed by atoms with Crippen LogP contribution in [0, 0.1) is 0 Å². The maximum absolute atomic E-state index is 4.40. The fraction of sp³-hybridized carbons (Fsp3) is 0.0333. The molecule has 0 fully saturated rings. The van der Waals surface area contributed by atoms with E-state index in [2.05, 4.69) is 252 Å². The van der Waals surface area contributed by atoms with Gasteiger partial charge in [0.2, 0.25) is 0 Å². The van der Waals surface area contributed by atoms with Crippen LogP contribution in [0.1, 0.15) is 22.6 Å². The maximum Gasteiger partial charge on any atom is 0.0704 e. The van der Waals surface area contributed by atoms with E-state index in [9.17, 15) is 0 Å². The highest BCUT2D eigenvalue weighted by Crippen LogP contribution is 2.58. The molecule has 2 unspecified atom stereocenters. The number of para-hydroxylation sites is 4. The molecule has 12 rings (SSSR count). The highest BCUT2D eigenvalue weighted by Gasteiger charge is 2.48. The van der Waals surface area contributed by atoms with Gasteiger partial charge < -0.3 is 14.4 Å². The normalized spacial score (nSPS) is 16.2. The van der Waals surface area contributed by atoms with Crippen molar-refractivity contribution in [1.82, 2.24) is 4.57 Å². The molecule has 0 saturated heterocycles. The Morgan fingerprint density at radius 3 is 1.79 bits per heavy atom. The first kappa shape index (κ1) is 36.7. The third-order valence-electron chi connectivity index (χ3n) is 13.1. The van der Waals surface area contributed by atoms with E-state index in [1.165, 1.54) is 72.1 Å². The quantitative estimate of drug-likeness (QED) is 0.135. The molecule has 0 saturated carbocycles. The van der Waals surface area contributed by atoms with Crippen LogP contribution in [0.25, 0.3) is 61.4 Å². The Morgan fingerprint density at radius 1 is 0.540 bits per heavy atom. The van der Waals surface area contributed by atoms with Crippen LogP contribution in [0.4, 0.5) is 17.1 Å². The standard InChI is InChI=1S/C60H43N3/c1-2-46(18-14-15-41-27-35-48(36-28-41)62-56-23-10-6-19-50(56)51-20-7-11-24-57(51)62)61(47-37-33-45(34-38-47)44-31-29-43(30-32-44)42-16-4-3-5-17-42)49-39-54-52-21-8-12-25-58(52)63-59-26-13-9-22-53(59)55(40-49)60(54)63/h2-40,54,60H,1H2/b15-14+,46-18+. The summed E-state index contributed by atoms with van der Waals surface area (Å²) in [6.45, 7) is 4.40. The number of benzene rings is 8. The molecule has 2 atom stereocenters. The molecule has 298 valence electrons. The summed E-state index contributed by atoms with van der Waals surface area (Å²) >= 11 is 0. The van der Waals surface area contributed by atoms with E-state index in [0.717, 1.165) is 28.3 Å². The van der Waals surface area contributed by atoms with Crippen LogP contribution in [0.5, 0.6) is 0 Å². The lowest BCUT2D eigenvalue weighted by molar-refractivity contribution is 0.770. The number of nitrogens with zero attached hydrogens (tertiary/aromatic N) is 3. The van der Waals surface area contributed by atoms with Gasteiger partial charge >= 0.3 is 0 Å². The van der Waals surface area contributed by atoms with Crippen molar-refractivity contribution in [3.63, 3.8) is 0 Å². The van der Waals surface area contributed by atoms with Crippen molar-refractivity contribution in [2.24, 2.45) is 0 Å². The van der Waals surface area contributed by atoms with Gasteiger partial charge in [-0.25, -0.2) is 0 Å². The lowest BCUT2D eigenvalue weighted by Crippen LogP contribution is -2.30. The smallest absolute Gasteiger partial charge is 0.0704 e. The minimum absolute atomic E-state index is 0.197. The first-order valence-corrected chi connectivity index (χ1v) is 21.8. The molecular weight excluding hydrogens is 763 g/mol. The van der Waals surface area contributed by atoms with Crippen LogP contribution in [-0.4, -0.2) is 10.6 Å². The van der Waals surface area contributed by atoms with E-state index in [-0.39, 0.29) is 12.0 Å². The Bertz CT molecular complexity index is 3290. The molecule has 0 radical (unpaired) electrons. The van der Waals surface area contributed by atoms with Crippen LogP contribution in [0.3, 0.4) is 0 Å². The van der Waals surface area contributed by atoms with Gasteiger partial charge in [-0.2, -0.15) is 0 Å². The van der Waals surface area contributed by atoms with Gasteiger partial charge in [0.1, 0.15) is 0 Å². The molecule has 1 aliphatic carbocycles. The molecule has 9 aromatic rings. The largest absolute Gasteiger partial charge is 0.332 e. The van der Waals surface area contributed by atoms with Gasteiger partial charge in [-0.15, -0.1) is 0 Å². The summed E-state index contributed by atoms with van der Waals surface area (Å²) in [7, 11) is 0. The Labute approximate surface area is 368 Å². The summed E-state index contributed by atoms with van der Waals surface area (Å²) in [4.78, 5) is 4.93. The first-order chi connectivity index (χ1) is 31.2. The van der Waals surface area contributed by atoms with Crippen LogP contribution >= 0.6 is 0 Å². The first-order valence-electron chi connectivity index (χ1n) is 21.8. The number of hydrogen-bond donors (Lipinski definition) is 0. The van der Waals surface area contributed by atoms with Gasteiger partial charge in [0.25, 0.3) is 0 Å². The molecule has 0 amide bonds. The van der Waals surface area contributed by atoms with E-state index in [1.807, 2.05) is 6.08 Å². The van der Waals surface area contributed by atoms with Crippen LogP contribution in [0.15, 0.2) is 249 Å². The van der Waals surface area contributed by atoms with E-state index < -0.39 is 0 Å². The van der Waals surface area contributed by atoms with Gasteiger partial charge in [-0.3, -0.25) is 0 Å². The third kappa shape index (κ3) is 6.12. The Morgan fingerprint density at radius 2 is 1.11 bits per heavy atom. The monoisotopic (exact) mass is 805 g/mol. The van der Waals surface area contributed by atoms with Crippen molar-refractivity contribution in [1.29, 1.82) is 0 Å². The second kappa shape index (κ2) is 15.1. The van der Waals surface area contributed by atoms with E-state index in [0.29, 0.717) is 0 Å². The molecular formula is C60H43N3. The minimum atomic E-state index is 0.197. The summed E-state index contributed by atoms with van der Waals surface area (Å²) in [5, 5.41) is 2.53. The summed E-state index contributed by atoms with van der Waals surface area (Å²) in [6.07, 6.45) is 13.4. The zero-order valence-corrected chi connectivity index (χ0v) is 34.7. The third-order valence-corrected chi connectivity index (χ3v) is 13.1. The molecule has 0 N–H and O–H groups in total. The van der Waals surface area contributed by atoms with Crippen molar-refractivity contribution in [2.75, 3.05) is 9.80 Å². The van der Waals surface area contributed by atoms with Crippen molar-refractivity contribution in [3.8, 4) is 27.9 Å². The summed E-state index contributed by atoms with van der Waals surface area (Å²) in [6, 6.07) is 72.6. The molecule has 8 aromatic carbocycles. The maximum atomic E-state index is 4.40. The fourth-order valence-electron chi connectivity index (χ4n) is 10.2. The fourth-order valence-corrected chi connectivity index (χ4v) is 10.2. The number of allylic oxidation sites excluding steroid dienone is 4. The van der Waals surface area contributed by atoms with Crippen LogP contribution in [0.2, 0.25) is 0 Å². The average Bonchev–Trinajstić information content (AvgIpc) is 3.99. The molecule has 3 aliphatic rings. The van der Waals surface area contributed by atoms with E-state index in [4.69, 9.17) is 0 Å². The highest BCUT2D eigenvalue weighted by atomic mass is 15.2. The molecule has 0 bridgehead atoms. The highest BCUT2D eigenvalue weighted by molar-refractivity contribution is 6.09. The van der Waals surface area contributed by atoms with Crippen LogP contribution < -0.4 is 9.80 Å². The Kier molecular flexibility index (Phi) is 8.79. The zero-order valence-electron chi connectivity index (χ0n) is 34.7. The topological polar surface area (TPSA) is 11.4 Å². The number of fused-ring (bicyclic) bond motifs is 9. The SMILES string of the molecule is C=C/C(=C\C=C\c1ccc(-n2c3ccccc3c3ccccc32)cc1)N(C1=CC2c3ccccc3N3c4ccccc4C(=C1)C23)c1ccc(-c2ccc(-c3ccccc3)cc2)cc1. The predicted molar refractivity (Wildman–Crippen MR) is 265 cm³/mol. The molecule has 0 spiro atoms. The number of hydrogen-bond acceptors (Lipinski definition) is 2. The van der Waals surface area contributed by atoms with E-state index in [1.54, 1.807) is 0 Å². The van der Waals surface area contributed by atoms with Crippen LogP contribution in [-0.2, 0) is 0 Å². The van der Waals surface area contributed by atoms with Crippen molar-refractivity contribution < 1.29 is 0 Å². The van der Waals surface area contributed by atoms with E-state index >= 15 is 0 Å². The second-order valence-electron chi connectivity index (χ2n) is 16.5. The van der Waals surface area contributed by atoms with Gasteiger partial charge in [0, 0.05) is 56.4 Å². The number of rotatable bonds is 9. The lowest BCUT2D eigenvalue weighted by Gasteiger charge is -2.33. The van der Waals surface area contributed by atoms with Crippen molar-refractivity contribution in [3.05, 3.63) is 265 Å². The van der Waals surface area contributed by atoms with Gasteiger partial charge in [0.15, 0.2) is 0 Å². The number of aromatic nitrogens is 1. The number of anilines is 3.